The minimum Gasteiger partial charge on any atom is -0.460 e. The molecule has 8 heteroatoms. The average Bonchev–Trinajstić information content (AvgIpc) is 3.13. The number of carbonyl (C=O) groups is 1. The average molecular weight is 456 g/mol. The predicted octanol–water partition coefficient (Wildman–Crippen LogP) is 5.94. The van der Waals surface area contributed by atoms with Crippen molar-refractivity contribution in [1.29, 1.82) is 0 Å². The number of nitrogens with zero attached hydrogens (tertiary/aromatic N) is 1. The summed E-state index contributed by atoms with van der Waals surface area (Å²) in [4.78, 5) is 29.4. The molecule has 0 unspecified atom stereocenters. The second-order valence-corrected chi connectivity index (χ2v) is 8.13. The summed E-state index contributed by atoms with van der Waals surface area (Å²) >= 11 is 7.61. The first-order valence-corrected chi connectivity index (χ1v) is 10.4. The Kier molecular flexibility index (Phi) is 5.71. The highest BCUT2D eigenvalue weighted by Gasteiger charge is 2.19. The van der Waals surface area contributed by atoms with E-state index in [0.717, 1.165) is 5.01 Å². The molecule has 0 saturated heterocycles. The number of aromatic nitrogens is 1. The van der Waals surface area contributed by atoms with Gasteiger partial charge in [-0.1, -0.05) is 17.7 Å². The maximum absolute atomic E-state index is 14.4. The third-order valence-corrected chi connectivity index (χ3v) is 5.60. The largest absolute Gasteiger partial charge is 0.460 e. The van der Waals surface area contributed by atoms with Gasteiger partial charge >= 0.3 is 5.97 Å². The lowest BCUT2D eigenvalue weighted by Crippen LogP contribution is -2.09. The van der Waals surface area contributed by atoms with E-state index in [1.807, 2.05) is 12.3 Å². The highest BCUT2D eigenvalue weighted by molar-refractivity contribution is 7.09. The molecule has 0 aliphatic carbocycles. The van der Waals surface area contributed by atoms with Crippen molar-refractivity contribution in [2.24, 2.45) is 0 Å². The van der Waals surface area contributed by atoms with Gasteiger partial charge in [0.25, 0.3) is 0 Å². The zero-order chi connectivity index (χ0) is 22.1. The van der Waals surface area contributed by atoms with Crippen LogP contribution in [-0.4, -0.2) is 11.0 Å². The molecule has 4 aromatic rings. The van der Waals surface area contributed by atoms with Gasteiger partial charge in [0.15, 0.2) is 0 Å². The van der Waals surface area contributed by atoms with Crippen molar-refractivity contribution in [3.8, 4) is 16.9 Å². The highest BCUT2D eigenvalue weighted by Crippen LogP contribution is 2.32. The molecule has 0 radical (unpaired) electrons. The summed E-state index contributed by atoms with van der Waals surface area (Å²) in [5.41, 5.74) is 0.501. The number of hydrogen-bond acceptors (Lipinski definition) is 6. The number of rotatable bonds is 4. The van der Waals surface area contributed by atoms with Gasteiger partial charge in [0.2, 0.25) is 5.43 Å². The van der Waals surface area contributed by atoms with Gasteiger partial charge < -0.3 is 9.15 Å². The number of hydrogen-bond donors (Lipinski definition) is 0. The van der Waals surface area contributed by atoms with E-state index < -0.39 is 17.2 Å². The molecule has 0 bridgehead atoms. The fourth-order valence-corrected chi connectivity index (χ4v) is 3.97. The number of carbonyl (C=O) groups excluding carboxylic acids is 1. The van der Waals surface area contributed by atoms with E-state index in [-0.39, 0.29) is 38.6 Å². The molecule has 5 nitrogen and oxygen atoms in total. The third-order valence-electron chi connectivity index (χ3n) is 4.50. The standard InChI is InChI=1S/C23H15ClFNO4S/c1-12-21(22-17(24)4-3-5-18(22)25)23(28)16-8-7-15(10-19(16)29-12)30-20(27)9-6-14-11-31-13(2)26-14/h3-11H,1-2H3/b9-6+. The van der Waals surface area contributed by atoms with Crippen LogP contribution >= 0.6 is 22.9 Å². The number of aryl methyl sites for hydroxylation is 2. The summed E-state index contributed by atoms with van der Waals surface area (Å²) in [6, 6.07) is 8.58. The molecule has 2 aromatic carbocycles. The van der Waals surface area contributed by atoms with Gasteiger partial charge in [-0.25, -0.2) is 14.2 Å². The van der Waals surface area contributed by atoms with Crippen LogP contribution in [0.1, 0.15) is 16.5 Å². The van der Waals surface area contributed by atoms with Crippen molar-refractivity contribution in [3.63, 3.8) is 0 Å². The molecule has 0 fully saturated rings. The Hall–Kier alpha value is -3.29. The first-order valence-electron chi connectivity index (χ1n) is 9.17. The van der Waals surface area contributed by atoms with Gasteiger partial charge in [-0.05, 0) is 44.2 Å². The van der Waals surface area contributed by atoms with Crippen molar-refractivity contribution >= 4 is 46.0 Å². The second-order valence-electron chi connectivity index (χ2n) is 6.66. The molecule has 0 aliphatic heterocycles. The maximum atomic E-state index is 14.4. The molecule has 0 saturated carbocycles. The smallest absolute Gasteiger partial charge is 0.336 e. The molecule has 0 spiro atoms. The maximum Gasteiger partial charge on any atom is 0.336 e. The Morgan fingerprint density at radius 1 is 1.23 bits per heavy atom. The molecule has 4 rings (SSSR count). The topological polar surface area (TPSA) is 69.4 Å². The van der Waals surface area contributed by atoms with Crippen LogP contribution in [0.25, 0.3) is 28.2 Å². The van der Waals surface area contributed by atoms with Crippen molar-refractivity contribution < 1.29 is 18.3 Å². The van der Waals surface area contributed by atoms with E-state index in [9.17, 15) is 14.0 Å². The first-order chi connectivity index (χ1) is 14.8. The molecular formula is C23H15ClFNO4S. The quantitative estimate of drug-likeness (QED) is 0.216. The number of fused-ring (bicyclic) bond motifs is 1. The fourth-order valence-electron chi connectivity index (χ4n) is 3.14. The van der Waals surface area contributed by atoms with Crippen LogP contribution in [-0.2, 0) is 4.79 Å². The van der Waals surface area contributed by atoms with Gasteiger partial charge in [0.05, 0.1) is 26.7 Å². The van der Waals surface area contributed by atoms with Crippen LogP contribution in [0.15, 0.2) is 57.1 Å². The summed E-state index contributed by atoms with van der Waals surface area (Å²) in [6.45, 7) is 3.42. The summed E-state index contributed by atoms with van der Waals surface area (Å²) < 4.78 is 25.4. The van der Waals surface area contributed by atoms with Crippen molar-refractivity contribution in [2.45, 2.75) is 13.8 Å². The minimum absolute atomic E-state index is 0.00441. The fraction of sp³-hybridized carbons (Fsp3) is 0.0870. The number of benzene rings is 2. The summed E-state index contributed by atoms with van der Waals surface area (Å²) in [5, 5.41) is 3.05. The lowest BCUT2D eigenvalue weighted by Gasteiger charge is -2.10. The zero-order valence-electron chi connectivity index (χ0n) is 16.4. The van der Waals surface area contributed by atoms with Gasteiger partial charge in [-0.2, -0.15) is 0 Å². The Bertz CT molecular complexity index is 1390. The molecule has 156 valence electrons. The normalized spacial score (nSPS) is 11.4. The van der Waals surface area contributed by atoms with Crippen LogP contribution < -0.4 is 10.2 Å². The van der Waals surface area contributed by atoms with Crippen LogP contribution in [0.5, 0.6) is 5.75 Å². The molecule has 0 aliphatic rings. The summed E-state index contributed by atoms with van der Waals surface area (Å²) in [7, 11) is 0. The van der Waals surface area contributed by atoms with E-state index >= 15 is 0 Å². The molecule has 0 amide bonds. The molecule has 0 atom stereocenters. The summed E-state index contributed by atoms with van der Waals surface area (Å²) in [6.07, 6.45) is 2.82. The first kappa shape index (κ1) is 21.0. The van der Waals surface area contributed by atoms with Crippen LogP contribution in [0.4, 0.5) is 4.39 Å². The SMILES string of the molecule is Cc1nc(/C=C/C(=O)Oc2ccc3c(=O)c(-c4c(F)cccc4Cl)c(C)oc3c2)cs1. The van der Waals surface area contributed by atoms with Crippen LogP contribution in [0.3, 0.4) is 0 Å². The third kappa shape index (κ3) is 4.28. The summed E-state index contributed by atoms with van der Waals surface area (Å²) in [5.74, 6) is -0.809. The Labute approximate surface area is 185 Å². The highest BCUT2D eigenvalue weighted by atomic mass is 35.5. The Morgan fingerprint density at radius 2 is 2.03 bits per heavy atom. The number of halogens is 2. The van der Waals surface area contributed by atoms with Crippen molar-refractivity contribution in [3.05, 3.63) is 85.4 Å². The molecule has 0 N–H and O–H groups in total. The Morgan fingerprint density at radius 3 is 2.74 bits per heavy atom. The van der Waals surface area contributed by atoms with Gasteiger partial charge in [-0.3, -0.25) is 4.79 Å². The minimum atomic E-state index is -0.616. The number of esters is 1. The lowest BCUT2D eigenvalue weighted by molar-refractivity contribution is -0.128. The van der Waals surface area contributed by atoms with Crippen molar-refractivity contribution in [2.75, 3.05) is 0 Å². The van der Waals surface area contributed by atoms with E-state index in [4.69, 9.17) is 20.8 Å². The van der Waals surface area contributed by atoms with Crippen LogP contribution in [0, 0.1) is 19.7 Å². The van der Waals surface area contributed by atoms with Gasteiger partial charge in [-0.15, -0.1) is 11.3 Å². The molecule has 2 heterocycles. The molecule has 31 heavy (non-hydrogen) atoms. The Balaban J connectivity index is 1.67. The number of ether oxygens (including phenoxy) is 1. The number of thiazole rings is 1. The lowest BCUT2D eigenvalue weighted by atomic mass is 10.0. The van der Waals surface area contributed by atoms with Crippen molar-refractivity contribution in [1.82, 2.24) is 4.98 Å². The van der Waals surface area contributed by atoms with E-state index in [1.165, 1.54) is 53.8 Å². The van der Waals surface area contributed by atoms with E-state index in [0.29, 0.717) is 5.69 Å². The van der Waals surface area contributed by atoms with Gasteiger partial charge in [0.1, 0.15) is 22.9 Å². The second kappa shape index (κ2) is 8.45. The van der Waals surface area contributed by atoms with Crippen LogP contribution in [0.2, 0.25) is 5.02 Å². The monoisotopic (exact) mass is 455 g/mol. The van der Waals surface area contributed by atoms with E-state index in [2.05, 4.69) is 4.98 Å². The van der Waals surface area contributed by atoms with E-state index in [1.54, 1.807) is 13.0 Å². The zero-order valence-corrected chi connectivity index (χ0v) is 18.0. The predicted molar refractivity (Wildman–Crippen MR) is 119 cm³/mol. The van der Waals surface area contributed by atoms with Gasteiger partial charge in [0, 0.05) is 23.1 Å². The molecule has 2 aromatic heterocycles. The molecular weight excluding hydrogens is 441 g/mol.